The largest absolute Gasteiger partial charge is 0.310 e. The quantitative estimate of drug-likeness (QED) is 0.756. The maximum absolute atomic E-state index is 12.1. The molecule has 0 atom stereocenters. The maximum Gasteiger partial charge on any atom is 0.240 e. The van der Waals surface area contributed by atoms with Crippen molar-refractivity contribution in [2.45, 2.75) is 30.3 Å². The molecule has 0 aromatic heterocycles. The summed E-state index contributed by atoms with van der Waals surface area (Å²) in [6, 6.07) is 5.49. The van der Waals surface area contributed by atoms with Gasteiger partial charge in [-0.25, -0.2) is 13.1 Å². The molecule has 118 valence electrons. The molecule has 2 rings (SSSR count). The lowest BCUT2D eigenvalue weighted by molar-refractivity contribution is 0.412. The standard InChI is InChI=1S/C14H22ClN3O2S/c1-18(2)8-7-17-21(19,20)13-6-3-11(14(15)9-13)10-16-12-4-5-12/h3,6,9,12,16-17H,4-5,7-8,10H2,1-2H3. The number of hydrogen-bond acceptors (Lipinski definition) is 4. The Kier molecular flexibility index (Phi) is 5.62. The molecule has 1 fully saturated rings. The van der Waals surface area contributed by atoms with Crippen LogP contribution >= 0.6 is 11.6 Å². The smallest absolute Gasteiger partial charge is 0.240 e. The molecule has 1 aliphatic carbocycles. The molecule has 0 spiro atoms. The fraction of sp³-hybridized carbons (Fsp3) is 0.571. The molecule has 1 aromatic rings. The van der Waals surface area contributed by atoms with Crippen molar-refractivity contribution in [2.24, 2.45) is 0 Å². The minimum Gasteiger partial charge on any atom is -0.310 e. The summed E-state index contributed by atoms with van der Waals surface area (Å²) >= 11 is 6.18. The number of benzene rings is 1. The summed E-state index contributed by atoms with van der Waals surface area (Å²) < 4.78 is 26.9. The third-order valence-corrected chi connectivity index (χ3v) is 5.16. The highest BCUT2D eigenvalue weighted by Gasteiger charge is 2.21. The van der Waals surface area contributed by atoms with E-state index >= 15 is 0 Å². The molecule has 1 saturated carbocycles. The molecule has 0 bridgehead atoms. The summed E-state index contributed by atoms with van der Waals surface area (Å²) in [5.74, 6) is 0. The minimum atomic E-state index is -3.50. The summed E-state index contributed by atoms with van der Waals surface area (Å²) in [4.78, 5) is 2.13. The zero-order valence-corrected chi connectivity index (χ0v) is 14.0. The van der Waals surface area contributed by atoms with Gasteiger partial charge in [-0.1, -0.05) is 17.7 Å². The van der Waals surface area contributed by atoms with Crippen LogP contribution in [0.15, 0.2) is 23.1 Å². The number of rotatable bonds is 8. The molecule has 21 heavy (non-hydrogen) atoms. The highest BCUT2D eigenvalue weighted by atomic mass is 35.5. The number of likely N-dealkylation sites (N-methyl/N-ethyl adjacent to an activating group) is 1. The van der Waals surface area contributed by atoms with E-state index in [0.29, 0.717) is 30.7 Å². The molecule has 5 nitrogen and oxygen atoms in total. The Bertz CT molecular complexity index is 586. The van der Waals surface area contributed by atoms with Crippen LogP contribution in [0.5, 0.6) is 0 Å². The van der Waals surface area contributed by atoms with Crippen LogP contribution in [0, 0.1) is 0 Å². The summed E-state index contributed by atoms with van der Waals surface area (Å²) in [5, 5.41) is 3.85. The van der Waals surface area contributed by atoms with Gasteiger partial charge in [0.15, 0.2) is 0 Å². The van der Waals surface area contributed by atoms with Gasteiger partial charge in [0.1, 0.15) is 0 Å². The van der Waals surface area contributed by atoms with Crippen LogP contribution in [0.1, 0.15) is 18.4 Å². The van der Waals surface area contributed by atoms with Crippen molar-refractivity contribution in [2.75, 3.05) is 27.2 Å². The van der Waals surface area contributed by atoms with Crippen molar-refractivity contribution in [3.8, 4) is 0 Å². The maximum atomic E-state index is 12.1. The second kappa shape index (κ2) is 7.07. The Labute approximate surface area is 131 Å². The fourth-order valence-corrected chi connectivity index (χ4v) is 3.23. The molecule has 0 unspecified atom stereocenters. The highest BCUT2D eigenvalue weighted by Crippen LogP contribution is 2.23. The van der Waals surface area contributed by atoms with E-state index in [2.05, 4.69) is 10.0 Å². The van der Waals surface area contributed by atoms with Gasteiger partial charge in [0.2, 0.25) is 10.0 Å². The van der Waals surface area contributed by atoms with Gasteiger partial charge in [0.25, 0.3) is 0 Å². The first-order valence-corrected chi connectivity index (χ1v) is 8.91. The second-order valence-electron chi connectivity index (χ2n) is 5.61. The zero-order chi connectivity index (χ0) is 15.5. The number of nitrogens with zero attached hydrogens (tertiary/aromatic N) is 1. The molecule has 1 aliphatic rings. The molecule has 0 heterocycles. The lowest BCUT2D eigenvalue weighted by atomic mass is 10.2. The van der Waals surface area contributed by atoms with Crippen molar-refractivity contribution in [1.29, 1.82) is 0 Å². The number of hydrogen-bond donors (Lipinski definition) is 2. The normalized spacial score (nSPS) is 15.6. The van der Waals surface area contributed by atoms with Crippen molar-refractivity contribution in [1.82, 2.24) is 14.9 Å². The molecule has 2 N–H and O–H groups in total. The molecule has 0 amide bonds. The van der Waals surface area contributed by atoms with Gasteiger partial charge in [-0.2, -0.15) is 0 Å². The van der Waals surface area contributed by atoms with E-state index in [1.165, 1.54) is 18.9 Å². The van der Waals surface area contributed by atoms with Crippen LogP contribution in [0.25, 0.3) is 0 Å². The summed E-state index contributed by atoms with van der Waals surface area (Å²) in [7, 11) is 0.296. The molecule has 0 radical (unpaired) electrons. The van der Waals surface area contributed by atoms with E-state index in [4.69, 9.17) is 11.6 Å². The van der Waals surface area contributed by atoms with Gasteiger partial charge in [0.05, 0.1) is 4.90 Å². The zero-order valence-electron chi connectivity index (χ0n) is 12.4. The predicted octanol–water partition coefficient (Wildman–Crippen LogP) is 1.43. The Balaban J connectivity index is 1.99. The van der Waals surface area contributed by atoms with E-state index in [1.807, 2.05) is 19.0 Å². The average molecular weight is 332 g/mol. The van der Waals surface area contributed by atoms with Crippen molar-refractivity contribution >= 4 is 21.6 Å². The first-order chi connectivity index (χ1) is 9.88. The summed E-state index contributed by atoms with van der Waals surface area (Å²) in [6.07, 6.45) is 2.42. The Hall–Kier alpha value is -0.660. The van der Waals surface area contributed by atoms with E-state index in [9.17, 15) is 8.42 Å². The van der Waals surface area contributed by atoms with Crippen LogP contribution in [0.4, 0.5) is 0 Å². The third kappa shape index (κ3) is 5.23. The highest BCUT2D eigenvalue weighted by molar-refractivity contribution is 7.89. The predicted molar refractivity (Wildman–Crippen MR) is 85.1 cm³/mol. The van der Waals surface area contributed by atoms with Crippen molar-refractivity contribution in [3.63, 3.8) is 0 Å². The first kappa shape index (κ1) is 16.7. The van der Waals surface area contributed by atoms with Gasteiger partial charge in [-0.05, 0) is 44.6 Å². The van der Waals surface area contributed by atoms with Crippen LogP contribution in [0.2, 0.25) is 5.02 Å². The molecular weight excluding hydrogens is 310 g/mol. The Morgan fingerprint density at radius 2 is 2.05 bits per heavy atom. The number of sulfonamides is 1. The molecule has 1 aromatic carbocycles. The second-order valence-corrected chi connectivity index (χ2v) is 7.78. The van der Waals surface area contributed by atoms with Gasteiger partial charge >= 0.3 is 0 Å². The van der Waals surface area contributed by atoms with Gasteiger partial charge in [-0.15, -0.1) is 0 Å². The van der Waals surface area contributed by atoms with Crippen molar-refractivity contribution < 1.29 is 8.42 Å². The Morgan fingerprint density at radius 3 is 2.62 bits per heavy atom. The lowest BCUT2D eigenvalue weighted by Gasteiger charge is -2.12. The monoisotopic (exact) mass is 331 g/mol. The number of halogens is 1. The SMILES string of the molecule is CN(C)CCNS(=O)(=O)c1ccc(CNC2CC2)c(Cl)c1. The fourth-order valence-electron chi connectivity index (χ4n) is 1.87. The first-order valence-electron chi connectivity index (χ1n) is 7.05. The molecule has 0 saturated heterocycles. The van der Waals surface area contributed by atoms with Crippen LogP contribution < -0.4 is 10.0 Å². The van der Waals surface area contributed by atoms with Crippen LogP contribution in [-0.4, -0.2) is 46.5 Å². The van der Waals surface area contributed by atoms with E-state index in [1.54, 1.807) is 12.1 Å². The third-order valence-electron chi connectivity index (χ3n) is 3.34. The minimum absolute atomic E-state index is 0.210. The molecular formula is C14H22ClN3O2S. The Morgan fingerprint density at radius 1 is 1.33 bits per heavy atom. The summed E-state index contributed by atoms with van der Waals surface area (Å²) in [5.41, 5.74) is 0.927. The van der Waals surface area contributed by atoms with Gasteiger partial charge < -0.3 is 10.2 Å². The molecule has 0 aliphatic heterocycles. The van der Waals surface area contributed by atoms with Gasteiger partial charge in [0, 0.05) is 30.7 Å². The number of nitrogens with one attached hydrogen (secondary N) is 2. The average Bonchev–Trinajstić information content (AvgIpc) is 3.20. The van der Waals surface area contributed by atoms with Crippen molar-refractivity contribution in [3.05, 3.63) is 28.8 Å². The van der Waals surface area contributed by atoms with E-state index in [0.717, 1.165) is 5.56 Å². The van der Waals surface area contributed by atoms with E-state index < -0.39 is 10.0 Å². The van der Waals surface area contributed by atoms with E-state index in [-0.39, 0.29) is 4.90 Å². The topological polar surface area (TPSA) is 61.4 Å². The molecule has 7 heteroatoms. The van der Waals surface area contributed by atoms with Crippen LogP contribution in [-0.2, 0) is 16.6 Å². The van der Waals surface area contributed by atoms with Gasteiger partial charge in [-0.3, -0.25) is 0 Å². The van der Waals surface area contributed by atoms with Crippen LogP contribution in [0.3, 0.4) is 0 Å². The summed E-state index contributed by atoms with van der Waals surface area (Å²) in [6.45, 7) is 1.70. The lowest BCUT2D eigenvalue weighted by Crippen LogP contribution is -2.31.